The first-order chi connectivity index (χ1) is 19.4. The Morgan fingerprint density at radius 1 is 0.475 bits per heavy atom. The van der Waals surface area contributed by atoms with E-state index in [0.717, 1.165) is 38.5 Å². The predicted octanol–water partition coefficient (Wildman–Crippen LogP) is 11.5. The van der Waals surface area contributed by atoms with Crippen LogP contribution in [0.1, 0.15) is 168 Å². The van der Waals surface area contributed by atoms with Gasteiger partial charge in [0.05, 0.1) is 30.8 Å². The number of hydrogen-bond acceptors (Lipinski definition) is 7. The Balaban J connectivity index is 1.45. The second-order valence-electron chi connectivity index (χ2n) is 12.7. The maximum atomic E-state index is 13.4. The predicted molar refractivity (Wildman–Crippen MR) is 163 cm³/mol. The molecule has 6 aliphatic rings. The Morgan fingerprint density at radius 3 is 1.18 bits per heavy atom. The van der Waals surface area contributed by atoms with Crippen LogP contribution in [0.15, 0.2) is 0 Å². The Labute approximate surface area is 245 Å². The van der Waals surface area contributed by atoms with E-state index in [9.17, 15) is 9.13 Å². The van der Waals surface area contributed by atoms with Gasteiger partial charge in [-0.1, -0.05) is 155 Å². The number of hydrogen-bond donors (Lipinski definition) is 0. The van der Waals surface area contributed by atoms with E-state index in [2.05, 4.69) is 13.8 Å². The highest BCUT2D eigenvalue weighted by molar-refractivity contribution is 7.62. The fourth-order valence-electron chi connectivity index (χ4n) is 6.61. The lowest BCUT2D eigenvalue weighted by molar-refractivity contribution is -0.207. The zero-order chi connectivity index (χ0) is 28.6. The number of unbranched alkanes of at least 4 members (excludes halogenated alkanes) is 20. The summed E-state index contributed by atoms with van der Waals surface area (Å²) in [7, 11) is -7.91. The van der Waals surface area contributed by atoms with E-state index in [1.807, 2.05) is 0 Å². The third kappa shape index (κ3) is 10.8. The van der Waals surface area contributed by atoms with Gasteiger partial charge in [0.25, 0.3) is 0 Å². The molecule has 6 fully saturated rings. The van der Waals surface area contributed by atoms with Crippen molar-refractivity contribution in [1.82, 2.24) is 0 Å². The lowest BCUT2D eigenvalue weighted by Crippen LogP contribution is -2.62. The smallest absolute Gasteiger partial charge is 0.286 e. The molecule has 0 N–H and O–H groups in total. The largest absolute Gasteiger partial charge is 0.484 e. The summed E-state index contributed by atoms with van der Waals surface area (Å²) in [5.41, 5.74) is -1.30. The van der Waals surface area contributed by atoms with E-state index in [-0.39, 0.29) is 19.8 Å². The molecule has 0 saturated carbocycles. The molecule has 6 saturated heterocycles. The quantitative estimate of drug-likeness (QED) is 0.0798. The van der Waals surface area contributed by atoms with Gasteiger partial charge in [0.15, 0.2) is 0 Å². The summed E-state index contributed by atoms with van der Waals surface area (Å²) in [6.45, 7) is 5.11. The Bertz CT molecular complexity index is 743. The van der Waals surface area contributed by atoms with E-state index in [1.54, 1.807) is 0 Å². The monoisotopic (exact) mass is 606 g/mol. The summed E-state index contributed by atoms with van der Waals surface area (Å²) < 4.78 is 54.6. The second kappa shape index (κ2) is 18.2. The van der Waals surface area contributed by atoms with Gasteiger partial charge in [-0.25, -0.2) is 9.13 Å². The molecule has 1 spiro atoms. The first kappa shape index (κ1) is 34.7. The fourth-order valence-corrected chi connectivity index (χ4v) is 10.4. The molecule has 236 valence electrons. The van der Waals surface area contributed by atoms with Crippen LogP contribution in [0.4, 0.5) is 0 Å². The SMILES string of the molecule is CCCCCCCCCCCCCC1(CCCCCCCCCCCCC)OP2(=O)OCC13COP(=O)(OC3)O2. The zero-order valence-electron chi connectivity index (χ0n) is 25.8. The van der Waals surface area contributed by atoms with E-state index in [4.69, 9.17) is 22.4 Å². The van der Waals surface area contributed by atoms with Crippen LogP contribution in [0.25, 0.3) is 0 Å². The van der Waals surface area contributed by atoms with Crippen molar-refractivity contribution >= 4 is 15.6 Å². The molecule has 0 radical (unpaired) electrons. The molecule has 40 heavy (non-hydrogen) atoms. The molecule has 3 bridgehead atoms. The van der Waals surface area contributed by atoms with Crippen molar-refractivity contribution in [3.63, 3.8) is 0 Å². The maximum absolute atomic E-state index is 13.4. The van der Waals surface area contributed by atoms with E-state index in [0.29, 0.717) is 0 Å². The summed E-state index contributed by atoms with van der Waals surface area (Å²) in [5, 5.41) is 0. The van der Waals surface area contributed by atoms with Gasteiger partial charge in [-0.2, -0.15) is 4.31 Å². The molecule has 0 aliphatic carbocycles. The molecule has 6 rings (SSSR count). The van der Waals surface area contributed by atoms with Gasteiger partial charge >= 0.3 is 15.6 Å². The van der Waals surface area contributed by atoms with Gasteiger partial charge in [0.2, 0.25) is 0 Å². The summed E-state index contributed by atoms with van der Waals surface area (Å²) >= 11 is 0. The fraction of sp³-hybridized carbons (Fsp3) is 1.00. The van der Waals surface area contributed by atoms with Crippen molar-refractivity contribution in [1.29, 1.82) is 0 Å². The zero-order valence-corrected chi connectivity index (χ0v) is 27.6. The Hall–Kier alpha value is 0.260. The second-order valence-corrected chi connectivity index (χ2v) is 16.1. The van der Waals surface area contributed by atoms with Crippen molar-refractivity contribution in [2.75, 3.05) is 19.8 Å². The minimum Gasteiger partial charge on any atom is -0.286 e. The van der Waals surface area contributed by atoms with Crippen LogP contribution in [0, 0.1) is 5.41 Å². The third-order valence-electron chi connectivity index (χ3n) is 9.32. The van der Waals surface area contributed by atoms with Crippen LogP contribution >= 0.6 is 15.6 Å². The molecule has 0 aromatic carbocycles. The molecular formula is C31H60O7P2. The van der Waals surface area contributed by atoms with Crippen LogP contribution in [0.5, 0.6) is 0 Å². The van der Waals surface area contributed by atoms with Gasteiger partial charge in [-0.15, -0.1) is 0 Å². The molecule has 0 amide bonds. The summed E-state index contributed by atoms with van der Waals surface area (Å²) in [5.74, 6) is 0. The van der Waals surface area contributed by atoms with Crippen LogP contribution in [0.3, 0.4) is 0 Å². The van der Waals surface area contributed by atoms with Crippen LogP contribution in [0.2, 0.25) is 0 Å². The third-order valence-corrected chi connectivity index (χ3v) is 12.8. The normalized spacial score (nSPS) is 29.1. The average Bonchev–Trinajstić information content (AvgIpc) is 2.93. The van der Waals surface area contributed by atoms with Crippen LogP contribution in [-0.4, -0.2) is 25.4 Å². The minimum absolute atomic E-state index is 0.195. The highest BCUT2D eigenvalue weighted by Crippen LogP contribution is 2.77. The molecule has 6 aliphatic heterocycles. The van der Waals surface area contributed by atoms with Gasteiger partial charge in [-0.05, 0) is 12.8 Å². The summed E-state index contributed by atoms with van der Waals surface area (Å²) in [6, 6.07) is 0. The minimum atomic E-state index is -4.01. The highest BCUT2D eigenvalue weighted by atomic mass is 31.3. The van der Waals surface area contributed by atoms with Crippen molar-refractivity contribution in [3.8, 4) is 0 Å². The summed E-state index contributed by atoms with van der Waals surface area (Å²) in [4.78, 5) is 0. The van der Waals surface area contributed by atoms with Gasteiger partial charge in [-0.3, -0.25) is 18.1 Å². The van der Waals surface area contributed by atoms with Crippen molar-refractivity contribution in [2.24, 2.45) is 5.41 Å². The molecule has 6 heterocycles. The molecule has 1 unspecified atom stereocenters. The molecule has 9 heteroatoms. The lowest BCUT2D eigenvalue weighted by Gasteiger charge is -2.57. The molecule has 0 aromatic heterocycles. The van der Waals surface area contributed by atoms with E-state index in [1.165, 1.54) is 116 Å². The standard InChI is InChI=1S/C31H60O7P2/c1-3-5-7-9-11-13-15-17-19-21-23-25-31(26-24-22-20-18-16-14-12-10-8-6-4-2)30-27-34-39(32,35-28-30)38-40(33,37-31)36-29-30/h3-29H2,1-2H3. The van der Waals surface area contributed by atoms with E-state index < -0.39 is 26.7 Å². The highest BCUT2D eigenvalue weighted by Gasteiger charge is 2.67. The first-order valence-corrected chi connectivity index (χ1v) is 19.9. The Morgan fingerprint density at radius 2 is 0.800 bits per heavy atom. The number of phosphoric acid groups is 2. The van der Waals surface area contributed by atoms with Crippen molar-refractivity contribution < 1.29 is 31.5 Å². The van der Waals surface area contributed by atoms with Crippen LogP contribution in [-0.2, 0) is 31.5 Å². The lowest BCUT2D eigenvalue weighted by atomic mass is 9.68. The molecule has 1 atom stereocenters. The Kier molecular flexibility index (Phi) is 15.8. The topological polar surface area (TPSA) is 80.3 Å². The van der Waals surface area contributed by atoms with Gasteiger partial charge in [0, 0.05) is 0 Å². The average molecular weight is 607 g/mol. The van der Waals surface area contributed by atoms with Gasteiger partial charge in [0.1, 0.15) is 0 Å². The molecule has 0 aromatic rings. The van der Waals surface area contributed by atoms with Gasteiger partial charge < -0.3 is 0 Å². The molecular weight excluding hydrogens is 546 g/mol. The van der Waals surface area contributed by atoms with Crippen molar-refractivity contribution in [3.05, 3.63) is 0 Å². The number of rotatable bonds is 24. The molecule has 7 nitrogen and oxygen atoms in total. The summed E-state index contributed by atoms with van der Waals surface area (Å²) in [6.07, 6.45) is 29.6. The first-order valence-electron chi connectivity index (χ1n) is 17.0. The number of phosphoric ester groups is 2. The van der Waals surface area contributed by atoms with Crippen molar-refractivity contribution in [2.45, 2.75) is 174 Å². The maximum Gasteiger partial charge on any atom is 0.484 e. The van der Waals surface area contributed by atoms with E-state index >= 15 is 0 Å². The van der Waals surface area contributed by atoms with Crippen LogP contribution < -0.4 is 0 Å².